The van der Waals surface area contributed by atoms with Crippen molar-refractivity contribution in [3.05, 3.63) is 35.2 Å². The first-order valence-electron chi connectivity index (χ1n) is 6.46. The van der Waals surface area contributed by atoms with Crippen LogP contribution in [0.15, 0.2) is 18.2 Å². The zero-order valence-corrected chi connectivity index (χ0v) is 12.0. The molecule has 0 aliphatic heterocycles. The summed E-state index contributed by atoms with van der Waals surface area (Å²) in [4.78, 5) is 0. The fourth-order valence-corrected chi connectivity index (χ4v) is 2.12. The Bertz CT molecular complexity index is 560. The lowest BCUT2D eigenvalue weighted by Gasteiger charge is -2.10. The Balaban J connectivity index is 2.32. The number of ether oxygens (including phenoxy) is 2. The number of aryl methyl sites for hydroxylation is 1. The van der Waals surface area contributed by atoms with E-state index in [1.165, 1.54) is 0 Å². The molecule has 2 rings (SSSR count). The van der Waals surface area contributed by atoms with Gasteiger partial charge in [-0.2, -0.15) is 0 Å². The Labute approximate surface area is 117 Å². The number of aliphatic hydroxyl groups is 1. The molecule has 0 saturated heterocycles. The molecule has 2 aromatic rings. The van der Waals surface area contributed by atoms with Crippen molar-refractivity contribution in [3.8, 4) is 11.5 Å². The SMILES string of the molecule is CCn1nnc(CO)c1Cc1ccc(OC)c(OC)c1. The van der Waals surface area contributed by atoms with Crippen molar-refractivity contribution < 1.29 is 14.6 Å². The summed E-state index contributed by atoms with van der Waals surface area (Å²) in [6.45, 7) is 2.60. The van der Waals surface area contributed by atoms with Crippen molar-refractivity contribution in [1.82, 2.24) is 15.0 Å². The molecule has 6 nitrogen and oxygen atoms in total. The van der Waals surface area contributed by atoms with E-state index in [0.717, 1.165) is 17.8 Å². The van der Waals surface area contributed by atoms with E-state index in [2.05, 4.69) is 10.3 Å². The Kier molecular flexibility index (Phi) is 4.57. The van der Waals surface area contributed by atoms with Crippen molar-refractivity contribution in [2.24, 2.45) is 0 Å². The van der Waals surface area contributed by atoms with Gasteiger partial charge in [0, 0.05) is 13.0 Å². The van der Waals surface area contributed by atoms with Crippen LogP contribution in [0.2, 0.25) is 0 Å². The highest BCUT2D eigenvalue weighted by molar-refractivity contribution is 5.44. The van der Waals surface area contributed by atoms with Gasteiger partial charge in [-0.25, -0.2) is 4.68 Å². The molecule has 0 fully saturated rings. The molecule has 0 amide bonds. The summed E-state index contributed by atoms with van der Waals surface area (Å²) in [5.41, 5.74) is 2.58. The summed E-state index contributed by atoms with van der Waals surface area (Å²) in [5.74, 6) is 1.38. The van der Waals surface area contributed by atoms with Crippen molar-refractivity contribution >= 4 is 0 Å². The van der Waals surface area contributed by atoms with Crippen molar-refractivity contribution in [2.45, 2.75) is 26.5 Å². The van der Waals surface area contributed by atoms with E-state index < -0.39 is 0 Å². The van der Waals surface area contributed by atoms with Gasteiger partial charge in [0.25, 0.3) is 0 Å². The van der Waals surface area contributed by atoms with Gasteiger partial charge in [-0.1, -0.05) is 11.3 Å². The quantitative estimate of drug-likeness (QED) is 0.864. The third-order valence-corrected chi connectivity index (χ3v) is 3.19. The number of methoxy groups -OCH3 is 2. The van der Waals surface area contributed by atoms with Crippen molar-refractivity contribution in [3.63, 3.8) is 0 Å². The lowest BCUT2D eigenvalue weighted by molar-refractivity contribution is 0.275. The molecule has 1 N–H and O–H groups in total. The standard InChI is InChI=1S/C14H19N3O3/c1-4-17-12(11(9-18)15-16-17)7-10-5-6-13(19-2)14(8-10)20-3/h5-6,8,18H,4,7,9H2,1-3H3. The van der Waals surface area contributed by atoms with Crippen molar-refractivity contribution in [2.75, 3.05) is 14.2 Å². The maximum atomic E-state index is 9.33. The summed E-state index contributed by atoms with van der Waals surface area (Å²) < 4.78 is 12.3. The van der Waals surface area contributed by atoms with Gasteiger partial charge < -0.3 is 14.6 Å². The van der Waals surface area contributed by atoms with Gasteiger partial charge in [0.1, 0.15) is 5.69 Å². The van der Waals surface area contributed by atoms with E-state index in [4.69, 9.17) is 9.47 Å². The van der Waals surface area contributed by atoms with Gasteiger partial charge in [-0.05, 0) is 24.6 Å². The number of aromatic nitrogens is 3. The second-order valence-electron chi connectivity index (χ2n) is 4.32. The predicted octanol–water partition coefficient (Wildman–Crippen LogP) is 1.40. The van der Waals surface area contributed by atoms with Crippen LogP contribution in [0.4, 0.5) is 0 Å². The third-order valence-electron chi connectivity index (χ3n) is 3.19. The zero-order chi connectivity index (χ0) is 14.5. The first-order chi connectivity index (χ1) is 9.73. The molecule has 1 aromatic carbocycles. The Morgan fingerprint density at radius 3 is 2.55 bits per heavy atom. The average molecular weight is 277 g/mol. The first-order valence-corrected chi connectivity index (χ1v) is 6.46. The molecule has 0 aliphatic rings. The van der Waals surface area contributed by atoms with Crippen LogP contribution in [0.5, 0.6) is 11.5 Å². The van der Waals surface area contributed by atoms with E-state index in [1.54, 1.807) is 18.9 Å². The topological polar surface area (TPSA) is 69.4 Å². The van der Waals surface area contributed by atoms with E-state index in [0.29, 0.717) is 23.6 Å². The number of benzene rings is 1. The molecular formula is C14H19N3O3. The van der Waals surface area contributed by atoms with Crippen LogP contribution >= 0.6 is 0 Å². The minimum atomic E-state index is -0.109. The van der Waals surface area contributed by atoms with Crippen LogP contribution in [-0.2, 0) is 19.6 Å². The summed E-state index contributed by atoms with van der Waals surface area (Å²) in [6, 6.07) is 5.76. The van der Waals surface area contributed by atoms with E-state index >= 15 is 0 Å². The second kappa shape index (κ2) is 6.38. The summed E-state index contributed by atoms with van der Waals surface area (Å²) in [5, 5.41) is 17.3. The summed E-state index contributed by atoms with van der Waals surface area (Å²) in [7, 11) is 3.22. The molecule has 0 bridgehead atoms. The largest absolute Gasteiger partial charge is 0.493 e. The fourth-order valence-electron chi connectivity index (χ4n) is 2.12. The lowest BCUT2D eigenvalue weighted by atomic mass is 10.1. The van der Waals surface area contributed by atoms with Gasteiger partial charge in [0.15, 0.2) is 11.5 Å². The molecular weight excluding hydrogens is 258 g/mol. The van der Waals surface area contributed by atoms with Gasteiger partial charge >= 0.3 is 0 Å². The molecule has 0 unspecified atom stereocenters. The highest BCUT2D eigenvalue weighted by Gasteiger charge is 2.13. The van der Waals surface area contributed by atoms with Gasteiger partial charge in [-0.15, -0.1) is 5.10 Å². The van der Waals surface area contributed by atoms with E-state index in [1.807, 2.05) is 25.1 Å². The minimum Gasteiger partial charge on any atom is -0.493 e. The third kappa shape index (κ3) is 2.75. The summed E-state index contributed by atoms with van der Waals surface area (Å²) >= 11 is 0. The van der Waals surface area contributed by atoms with Crippen molar-refractivity contribution in [1.29, 1.82) is 0 Å². The normalized spacial score (nSPS) is 10.6. The zero-order valence-electron chi connectivity index (χ0n) is 12.0. The molecule has 20 heavy (non-hydrogen) atoms. The molecule has 0 atom stereocenters. The number of aliphatic hydroxyl groups excluding tert-OH is 1. The first kappa shape index (κ1) is 14.3. The summed E-state index contributed by atoms with van der Waals surface area (Å²) in [6.07, 6.45) is 0.636. The smallest absolute Gasteiger partial charge is 0.160 e. The fraction of sp³-hybridized carbons (Fsp3) is 0.429. The molecule has 0 aliphatic carbocycles. The Morgan fingerprint density at radius 2 is 1.95 bits per heavy atom. The molecule has 0 radical (unpaired) electrons. The highest BCUT2D eigenvalue weighted by Crippen LogP contribution is 2.28. The number of nitrogens with zero attached hydrogens (tertiary/aromatic N) is 3. The average Bonchev–Trinajstić information content (AvgIpc) is 2.88. The molecule has 108 valence electrons. The van der Waals surface area contributed by atoms with Gasteiger partial charge in [-0.3, -0.25) is 0 Å². The number of hydrogen-bond donors (Lipinski definition) is 1. The van der Waals surface area contributed by atoms with Crippen LogP contribution in [0.25, 0.3) is 0 Å². The van der Waals surface area contributed by atoms with Crippen LogP contribution in [-0.4, -0.2) is 34.3 Å². The van der Waals surface area contributed by atoms with Crippen LogP contribution < -0.4 is 9.47 Å². The lowest BCUT2D eigenvalue weighted by Crippen LogP contribution is -2.05. The molecule has 0 spiro atoms. The van der Waals surface area contributed by atoms with Crippen LogP contribution in [0.1, 0.15) is 23.9 Å². The maximum Gasteiger partial charge on any atom is 0.160 e. The number of rotatable bonds is 6. The molecule has 1 heterocycles. The van der Waals surface area contributed by atoms with E-state index in [-0.39, 0.29) is 6.61 Å². The number of hydrogen-bond acceptors (Lipinski definition) is 5. The minimum absolute atomic E-state index is 0.109. The molecule has 0 saturated carbocycles. The van der Waals surface area contributed by atoms with Crippen LogP contribution in [0, 0.1) is 0 Å². The van der Waals surface area contributed by atoms with Crippen LogP contribution in [0.3, 0.4) is 0 Å². The monoisotopic (exact) mass is 277 g/mol. The molecule has 1 aromatic heterocycles. The van der Waals surface area contributed by atoms with Gasteiger partial charge in [0.05, 0.1) is 26.5 Å². The Morgan fingerprint density at radius 1 is 1.20 bits per heavy atom. The van der Waals surface area contributed by atoms with E-state index in [9.17, 15) is 5.11 Å². The maximum absolute atomic E-state index is 9.33. The van der Waals surface area contributed by atoms with Gasteiger partial charge in [0.2, 0.25) is 0 Å². The highest BCUT2D eigenvalue weighted by atomic mass is 16.5. The predicted molar refractivity (Wildman–Crippen MR) is 74.0 cm³/mol. The molecule has 6 heteroatoms. The second-order valence-corrected chi connectivity index (χ2v) is 4.32. The Hall–Kier alpha value is -2.08.